The van der Waals surface area contributed by atoms with E-state index >= 15 is 0 Å². The molecule has 1 heteroatoms. The Kier molecular flexibility index (Phi) is 2.05. The van der Waals surface area contributed by atoms with E-state index in [1.54, 1.807) is 0 Å². The quantitative estimate of drug-likeness (QED) is 0.691. The first-order chi connectivity index (χ1) is 7.72. The number of hydrogen-bond acceptors (Lipinski definition) is 1. The minimum absolute atomic E-state index is 0.277. The van der Waals surface area contributed by atoms with Crippen molar-refractivity contribution in [1.82, 2.24) is 0 Å². The normalized spacial score (nSPS) is 33.1. The maximum atomic E-state index is 6.19. The molecule has 1 nitrogen and oxygen atoms in total. The van der Waals surface area contributed by atoms with Crippen LogP contribution < -0.4 is 0 Å². The third kappa shape index (κ3) is 1.21. The Hall–Kier alpha value is -1.34. The molecule has 2 aliphatic heterocycles. The molecule has 3 rings (SSSR count). The van der Waals surface area contributed by atoms with Crippen molar-refractivity contribution in [2.45, 2.75) is 31.0 Å². The summed E-state index contributed by atoms with van der Waals surface area (Å²) in [6.07, 6.45) is 3.46. The van der Waals surface area contributed by atoms with Crippen molar-refractivity contribution in [3.8, 4) is 0 Å². The van der Waals surface area contributed by atoms with Gasteiger partial charge in [0.05, 0.1) is 6.10 Å². The minimum atomic E-state index is -0.277. The Morgan fingerprint density at radius 2 is 1.94 bits per heavy atom. The molecule has 0 unspecified atom stereocenters. The lowest BCUT2D eigenvalue weighted by Gasteiger charge is -2.37. The van der Waals surface area contributed by atoms with E-state index in [-0.39, 0.29) is 5.60 Å². The summed E-state index contributed by atoms with van der Waals surface area (Å²) in [4.78, 5) is 0. The predicted molar refractivity (Wildman–Crippen MR) is 65.1 cm³/mol. The van der Waals surface area contributed by atoms with Crippen molar-refractivity contribution < 1.29 is 4.74 Å². The molecule has 1 aromatic rings. The number of ether oxygens (including phenoxy) is 1. The van der Waals surface area contributed by atoms with Crippen LogP contribution in [0.5, 0.6) is 0 Å². The van der Waals surface area contributed by atoms with Crippen molar-refractivity contribution >= 4 is 0 Å². The van der Waals surface area contributed by atoms with Crippen LogP contribution in [0.1, 0.15) is 24.8 Å². The summed E-state index contributed by atoms with van der Waals surface area (Å²) < 4.78 is 6.19. The summed E-state index contributed by atoms with van der Waals surface area (Å²) in [6, 6.07) is 10.4. The number of rotatable bonds is 1. The summed E-state index contributed by atoms with van der Waals surface area (Å²) in [6.45, 7) is 8.33. The van der Waals surface area contributed by atoms with Gasteiger partial charge in [0.1, 0.15) is 5.60 Å². The van der Waals surface area contributed by atoms with E-state index in [9.17, 15) is 0 Å². The topological polar surface area (TPSA) is 9.23 Å². The van der Waals surface area contributed by atoms with Crippen molar-refractivity contribution in [2.24, 2.45) is 0 Å². The molecule has 0 saturated carbocycles. The molecule has 0 amide bonds. The highest BCUT2D eigenvalue weighted by Gasteiger charge is 2.48. The van der Waals surface area contributed by atoms with E-state index < -0.39 is 0 Å². The fraction of sp³-hybridized carbons (Fsp3) is 0.333. The SMILES string of the molecule is C=C1C[C@H]2CC[C@](c3ccccc3)(O2)C1=C. The molecule has 2 heterocycles. The van der Waals surface area contributed by atoms with Gasteiger partial charge in [-0.05, 0) is 36.0 Å². The lowest BCUT2D eigenvalue weighted by molar-refractivity contribution is -0.0307. The second-order valence-electron chi connectivity index (χ2n) is 4.76. The van der Waals surface area contributed by atoms with Crippen LogP contribution in [-0.2, 0) is 10.3 Å². The summed E-state index contributed by atoms with van der Waals surface area (Å²) in [5.41, 5.74) is 3.19. The summed E-state index contributed by atoms with van der Waals surface area (Å²) in [5, 5.41) is 0. The first-order valence-electron chi connectivity index (χ1n) is 5.83. The third-order valence-electron chi connectivity index (χ3n) is 3.81. The van der Waals surface area contributed by atoms with Gasteiger partial charge in [-0.25, -0.2) is 0 Å². The van der Waals surface area contributed by atoms with Gasteiger partial charge in [-0.1, -0.05) is 43.5 Å². The van der Waals surface area contributed by atoms with Gasteiger partial charge in [0.15, 0.2) is 0 Å². The molecular formula is C15H16O. The van der Waals surface area contributed by atoms with Crippen molar-refractivity contribution in [3.63, 3.8) is 0 Å². The smallest absolute Gasteiger partial charge is 0.118 e. The summed E-state index contributed by atoms with van der Waals surface area (Å²) >= 11 is 0. The van der Waals surface area contributed by atoms with E-state index in [0.717, 1.165) is 30.4 Å². The van der Waals surface area contributed by atoms with Gasteiger partial charge >= 0.3 is 0 Å². The molecule has 16 heavy (non-hydrogen) atoms. The largest absolute Gasteiger partial charge is 0.362 e. The molecule has 0 spiro atoms. The Morgan fingerprint density at radius 3 is 2.69 bits per heavy atom. The van der Waals surface area contributed by atoms with Gasteiger partial charge in [-0.15, -0.1) is 0 Å². The third-order valence-corrected chi connectivity index (χ3v) is 3.81. The average molecular weight is 212 g/mol. The fourth-order valence-electron chi connectivity index (χ4n) is 2.91. The molecular weight excluding hydrogens is 196 g/mol. The minimum Gasteiger partial charge on any atom is -0.362 e. The van der Waals surface area contributed by atoms with Gasteiger partial charge in [-0.2, -0.15) is 0 Å². The van der Waals surface area contributed by atoms with Crippen LogP contribution >= 0.6 is 0 Å². The number of hydrogen-bond donors (Lipinski definition) is 0. The summed E-state index contributed by atoms with van der Waals surface area (Å²) in [7, 11) is 0. The first kappa shape index (κ1) is 9.86. The van der Waals surface area contributed by atoms with Gasteiger partial charge < -0.3 is 4.74 Å². The van der Waals surface area contributed by atoms with E-state index in [2.05, 4.69) is 37.4 Å². The maximum Gasteiger partial charge on any atom is 0.118 e. The standard InChI is InChI=1S/C15H16O/c1-11-10-14-8-9-15(16-14,12(11)2)13-6-4-3-5-7-13/h3-7,14H,1-2,8-10H2/t14-,15+/m1/s1. The van der Waals surface area contributed by atoms with E-state index in [1.807, 2.05) is 6.07 Å². The molecule has 2 fully saturated rings. The zero-order chi connectivity index (χ0) is 11.2. The molecule has 0 aromatic heterocycles. The predicted octanol–water partition coefficient (Wildman–Crippen LogP) is 3.58. The molecule has 1 aromatic carbocycles. The molecule has 2 saturated heterocycles. The maximum absolute atomic E-state index is 6.19. The van der Waals surface area contributed by atoms with Crippen molar-refractivity contribution in [3.05, 3.63) is 60.2 Å². The zero-order valence-electron chi connectivity index (χ0n) is 9.41. The van der Waals surface area contributed by atoms with Gasteiger partial charge in [0.25, 0.3) is 0 Å². The highest BCUT2D eigenvalue weighted by Crippen LogP contribution is 2.52. The fourth-order valence-corrected chi connectivity index (χ4v) is 2.91. The van der Waals surface area contributed by atoms with Crippen LogP contribution in [0, 0.1) is 0 Å². The number of benzene rings is 1. The molecule has 2 atom stereocenters. The van der Waals surface area contributed by atoms with Gasteiger partial charge in [0, 0.05) is 0 Å². The van der Waals surface area contributed by atoms with E-state index in [0.29, 0.717) is 6.10 Å². The van der Waals surface area contributed by atoms with E-state index in [4.69, 9.17) is 4.74 Å². The molecule has 0 radical (unpaired) electrons. The van der Waals surface area contributed by atoms with Crippen LogP contribution in [0.4, 0.5) is 0 Å². The Morgan fingerprint density at radius 1 is 1.19 bits per heavy atom. The lowest BCUT2D eigenvalue weighted by atomic mass is 9.81. The molecule has 2 aliphatic rings. The molecule has 0 aliphatic carbocycles. The average Bonchev–Trinajstić information content (AvgIpc) is 2.69. The first-order valence-corrected chi connectivity index (χ1v) is 5.83. The monoisotopic (exact) mass is 212 g/mol. The Labute approximate surface area is 96.4 Å². The lowest BCUT2D eigenvalue weighted by Crippen LogP contribution is -2.33. The Balaban J connectivity index is 2.10. The second kappa shape index (κ2) is 3.33. The zero-order valence-corrected chi connectivity index (χ0v) is 9.41. The molecule has 0 N–H and O–H groups in total. The van der Waals surface area contributed by atoms with E-state index in [1.165, 1.54) is 5.56 Å². The number of fused-ring (bicyclic) bond motifs is 2. The van der Waals surface area contributed by atoms with Gasteiger partial charge in [-0.3, -0.25) is 0 Å². The molecule has 82 valence electrons. The van der Waals surface area contributed by atoms with Crippen LogP contribution in [0.15, 0.2) is 54.6 Å². The highest BCUT2D eigenvalue weighted by atomic mass is 16.5. The van der Waals surface area contributed by atoms with Gasteiger partial charge in [0.2, 0.25) is 0 Å². The van der Waals surface area contributed by atoms with Crippen molar-refractivity contribution in [2.75, 3.05) is 0 Å². The van der Waals surface area contributed by atoms with Crippen LogP contribution in [0.3, 0.4) is 0 Å². The van der Waals surface area contributed by atoms with Crippen LogP contribution in [0.25, 0.3) is 0 Å². The molecule has 2 bridgehead atoms. The Bertz CT molecular complexity index is 446. The van der Waals surface area contributed by atoms with Crippen LogP contribution in [0.2, 0.25) is 0 Å². The summed E-state index contributed by atoms with van der Waals surface area (Å²) in [5.74, 6) is 0. The van der Waals surface area contributed by atoms with Crippen molar-refractivity contribution in [1.29, 1.82) is 0 Å². The van der Waals surface area contributed by atoms with Crippen LogP contribution in [-0.4, -0.2) is 6.10 Å². The second-order valence-corrected chi connectivity index (χ2v) is 4.76. The highest BCUT2D eigenvalue weighted by molar-refractivity contribution is 5.45.